The van der Waals surface area contributed by atoms with Crippen LogP contribution in [-0.2, 0) is 8.85 Å². The van der Waals surface area contributed by atoms with Crippen molar-refractivity contribution < 1.29 is 8.85 Å². The molecule has 0 bridgehead atoms. The molecule has 0 aliphatic heterocycles. The first-order valence-electron chi connectivity index (χ1n) is 8.41. The van der Waals surface area contributed by atoms with E-state index in [1.807, 2.05) is 0 Å². The molecular formula is C16H36O2Si. The summed E-state index contributed by atoms with van der Waals surface area (Å²) in [5.41, 5.74) is 0. The Balaban J connectivity index is 3.96. The average Bonchev–Trinajstić information content (AvgIpc) is 2.45. The van der Waals surface area contributed by atoms with Crippen LogP contribution in [0.25, 0.3) is 0 Å². The molecule has 1 atom stereocenters. The monoisotopic (exact) mass is 288 g/mol. The first kappa shape index (κ1) is 19.1. The van der Waals surface area contributed by atoms with E-state index in [0.717, 1.165) is 31.2 Å². The first-order chi connectivity index (χ1) is 9.14. The second-order valence-corrected chi connectivity index (χ2v) is 9.49. The molecule has 0 aliphatic rings. The summed E-state index contributed by atoms with van der Waals surface area (Å²) in [7, 11) is -1.88. The highest BCUT2D eigenvalue weighted by Gasteiger charge is 2.33. The maximum Gasteiger partial charge on any atom is 0.337 e. The van der Waals surface area contributed by atoms with Crippen LogP contribution in [0.5, 0.6) is 0 Å². The molecule has 0 aromatic heterocycles. The van der Waals surface area contributed by atoms with Gasteiger partial charge in [-0.3, -0.25) is 0 Å². The van der Waals surface area contributed by atoms with E-state index in [1.165, 1.54) is 38.5 Å². The Morgan fingerprint density at radius 2 is 1.47 bits per heavy atom. The molecule has 0 rings (SSSR count). The van der Waals surface area contributed by atoms with Crippen LogP contribution in [0.1, 0.15) is 73.1 Å². The molecule has 0 fully saturated rings. The molecule has 0 heterocycles. The summed E-state index contributed by atoms with van der Waals surface area (Å²) in [6, 6.07) is 2.16. The van der Waals surface area contributed by atoms with Gasteiger partial charge in [-0.15, -0.1) is 0 Å². The Morgan fingerprint density at radius 1 is 0.842 bits per heavy atom. The van der Waals surface area contributed by atoms with Crippen molar-refractivity contribution in [2.75, 3.05) is 13.2 Å². The van der Waals surface area contributed by atoms with E-state index in [2.05, 4.69) is 34.6 Å². The lowest BCUT2D eigenvalue weighted by atomic mass is 10.1. The van der Waals surface area contributed by atoms with Gasteiger partial charge in [-0.1, -0.05) is 60.3 Å². The average molecular weight is 289 g/mol. The van der Waals surface area contributed by atoms with Crippen LogP contribution in [0.15, 0.2) is 0 Å². The molecule has 0 N–H and O–H groups in total. The molecule has 0 saturated carbocycles. The normalized spacial score (nSPS) is 13.7. The van der Waals surface area contributed by atoms with Gasteiger partial charge in [-0.25, -0.2) is 0 Å². The van der Waals surface area contributed by atoms with Gasteiger partial charge in [0.2, 0.25) is 0 Å². The molecule has 2 nitrogen and oxygen atoms in total. The van der Waals surface area contributed by atoms with Crippen LogP contribution in [0.4, 0.5) is 0 Å². The van der Waals surface area contributed by atoms with Crippen LogP contribution in [0.3, 0.4) is 0 Å². The summed E-state index contributed by atoms with van der Waals surface area (Å²) in [5.74, 6) is 0.768. The van der Waals surface area contributed by atoms with E-state index < -0.39 is 8.56 Å². The van der Waals surface area contributed by atoms with Gasteiger partial charge in [0, 0.05) is 13.2 Å². The molecular weight excluding hydrogens is 252 g/mol. The number of unbranched alkanes of at least 4 members (excludes halogenated alkanes) is 3. The summed E-state index contributed by atoms with van der Waals surface area (Å²) < 4.78 is 12.4. The van der Waals surface area contributed by atoms with Crippen molar-refractivity contribution in [2.45, 2.75) is 85.2 Å². The molecule has 3 heteroatoms. The zero-order chi connectivity index (χ0) is 14.6. The lowest BCUT2D eigenvalue weighted by molar-refractivity contribution is 0.157. The van der Waals surface area contributed by atoms with Gasteiger partial charge in [-0.2, -0.15) is 0 Å². The Labute approximate surface area is 122 Å². The van der Waals surface area contributed by atoms with Crippen molar-refractivity contribution in [2.24, 2.45) is 5.92 Å². The van der Waals surface area contributed by atoms with Crippen molar-refractivity contribution in [3.8, 4) is 0 Å². The predicted octanol–water partition coefficient (Wildman–Crippen LogP) is 5.52. The van der Waals surface area contributed by atoms with E-state index >= 15 is 0 Å². The van der Waals surface area contributed by atoms with Gasteiger partial charge in [0.15, 0.2) is 0 Å². The largest absolute Gasteiger partial charge is 0.394 e. The van der Waals surface area contributed by atoms with Crippen LogP contribution in [0.2, 0.25) is 12.1 Å². The molecule has 0 spiro atoms. The predicted molar refractivity (Wildman–Crippen MR) is 86.8 cm³/mol. The molecule has 0 aromatic rings. The summed E-state index contributed by atoms with van der Waals surface area (Å²) in [4.78, 5) is 0. The SMILES string of the molecule is CCCCCCO[Si](CC)(CC)OCCC(C)CC. The fraction of sp³-hybridized carbons (Fsp3) is 1.00. The van der Waals surface area contributed by atoms with Crippen molar-refractivity contribution in [1.82, 2.24) is 0 Å². The Bertz CT molecular complexity index is 193. The Morgan fingerprint density at radius 3 is 2.00 bits per heavy atom. The Hall–Kier alpha value is 0.137. The van der Waals surface area contributed by atoms with E-state index in [0.29, 0.717) is 0 Å². The lowest BCUT2D eigenvalue weighted by Gasteiger charge is -2.29. The minimum Gasteiger partial charge on any atom is -0.394 e. The molecule has 0 radical (unpaired) electrons. The third kappa shape index (κ3) is 8.82. The van der Waals surface area contributed by atoms with Crippen molar-refractivity contribution >= 4 is 8.56 Å². The molecule has 0 aromatic carbocycles. The summed E-state index contributed by atoms with van der Waals surface area (Å²) in [6.45, 7) is 13.0. The highest BCUT2D eigenvalue weighted by Crippen LogP contribution is 2.20. The minimum absolute atomic E-state index is 0.768. The van der Waals surface area contributed by atoms with Crippen molar-refractivity contribution in [3.05, 3.63) is 0 Å². The van der Waals surface area contributed by atoms with Gasteiger partial charge in [0.1, 0.15) is 0 Å². The highest BCUT2D eigenvalue weighted by molar-refractivity contribution is 6.67. The van der Waals surface area contributed by atoms with E-state index in [4.69, 9.17) is 8.85 Å². The van der Waals surface area contributed by atoms with Crippen LogP contribution in [0, 0.1) is 5.92 Å². The summed E-state index contributed by atoms with van der Waals surface area (Å²) in [6.07, 6.45) is 7.51. The molecule has 0 saturated heterocycles. The fourth-order valence-electron chi connectivity index (χ4n) is 2.14. The van der Waals surface area contributed by atoms with E-state index in [1.54, 1.807) is 0 Å². The second-order valence-electron chi connectivity index (χ2n) is 5.68. The zero-order valence-electron chi connectivity index (χ0n) is 14.0. The maximum absolute atomic E-state index is 6.22. The van der Waals surface area contributed by atoms with Crippen molar-refractivity contribution in [3.63, 3.8) is 0 Å². The quantitative estimate of drug-likeness (QED) is 0.328. The standard InChI is InChI=1S/C16H36O2Si/c1-6-10-11-12-14-17-19(8-3,9-4)18-15-13-16(5)7-2/h16H,6-15H2,1-5H3. The molecule has 19 heavy (non-hydrogen) atoms. The third-order valence-electron chi connectivity index (χ3n) is 4.11. The topological polar surface area (TPSA) is 18.5 Å². The van der Waals surface area contributed by atoms with E-state index in [9.17, 15) is 0 Å². The molecule has 1 unspecified atom stereocenters. The lowest BCUT2D eigenvalue weighted by Crippen LogP contribution is -2.41. The van der Waals surface area contributed by atoms with Gasteiger partial charge in [0.25, 0.3) is 0 Å². The zero-order valence-corrected chi connectivity index (χ0v) is 15.0. The first-order valence-corrected chi connectivity index (χ1v) is 10.6. The molecule has 116 valence electrons. The molecule has 0 amide bonds. The van der Waals surface area contributed by atoms with Gasteiger partial charge < -0.3 is 8.85 Å². The third-order valence-corrected chi connectivity index (χ3v) is 7.73. The van der Waals surface area contributed by atoms with Crippen molar-refractivity contribution in [1.29, 1.82) is 0 Å². The maximum atomic E-state index is 6.22. The van der Waals surface area contributed by atoms with E-state index in [-0.39, 0.29) is 0 Å². The van der Waals surface area contributed by atoms with Gasteiger partial charge in [-0.05, 0) is 30.8 Å². The van der Waals surface area contributed by atoms with Gasteiger partial charge >= 0.3 is 8.56 Å². The van der Waals surface area contributed by atoms with Crippen LogP contribution < -0.4 is 0 Å². The van der Waals surface area contributed by atoms with Gasteiger partial charge in [0.05, 0.1) is 0 Å². The minimum atomic E-state index is -1.88. The van der Waals surface area contributed by atoms with Crippen LogP contribution in [-0.4, -0.2) is 21.8 Å². The number of hydrogen-bond donors (Lipinski definition) is 0. The number of rotatable bonds is 13. The second kappa shape index (κ2) is 11.9. The summed E-state index contributed by atoms with van der Waals surface area (Å²) in [5, 5.41) is 0. The number of hydrogen-bond acceptors (Lipinski definition) is 2. The summed E-state index contributed by atoms with van der Waals surface area (Å²) >= 11 is 0. The fourth-order valence-corrected chi connectivity index (χ4v) is 4.54. The van der Waals surface area contributed by atoms with Crippen LogP contribution >= 0.6 is 0 Å². The Kier molecular flexibility index (Phi) is 12.0. The molecule has 0 aliphatic carbocycles. The highest BCUT2D eigenvalue weighted by atomic mass is 28.4. The smallest absolute Gasteiger partial charge is 0.337 e.